The van der Waals surface area contributed by atoms with Crippen LogP contribution in [0.2, 0.25) is 0 Å². The number of aromatic nitrogens is 1. The van der Waals surface area contributed by atoms with Gasteiger partial charge in [0.05, 0.1) is 6.04 Å². The highest BCUT2D eigenvalue weighted by Crippen LogP contribution is 2.37. The number of hydrogen-bond acceptors (Lipinski definition) is 2. The van der Waals surface area contributed by atoms with Crippen LogP contribution in [0.5, 0.6) is 0 Å². The Morgan fingerprint density at radius 2 is 2.00 bits per heavy atom. The summed E-state index contributed by atoms with van der Waals surface area (Å²) in [6.07, 6.45) is 4.94. The normalized spacial score (nSPS) is 17.4. The first-order chi connectivity index (χ1) is 11.7. The fourth-order valence-corrected chi connectivity index (χ4v) is 3.57. The van der Waals surface area contributed by atoms with E-state index in [1.165, 1.54) is 27.6 Å². The standard InChI is InChI=1S/C21H28N2O2/c1-14(2)12-18-16-8-7-9-17-19(16)15(13-22(17)6)10-11-23(18)20(24)25-21(3,4)5/h7-9,12-13,18H,10-11H2,1-6H3/t18-/m1/s1. The minimum Gasteiger partial charge on any atom is -0.444 e. The van der Waals surface area contributed by atoms with Gasteiger partial charge < -0.3 is 9.30 Å². The average Bonchev–Trinajstić information content (AvgIpc) is 2.72. The molecule has 1 aliphatic heterocycles. The minimum atomic E-state index is -0.500. The molecule has 134 valence electrons. The molecule has 4 heteroatoms. The zero-order valence-corrected chi connectivity index (χ0v) is 16.1. The van der Waals surface area contributed by atoms with Gasteiger partial charge in [-0.1, -0.05) is 23.8 Å². The van der Waals surface area contributed by atoms with E-state index in [1.54, 1.807) is 0 Å². The van der Waals surface area contributed by atoms with Crippen molar-refractivity contribution in [3.63, 3.8) is 0 Å². The van der Waals surface area contributed by atoms with E-state index in [0.29, 0.717) is 6.54 Å². The molecule has 1 aromatic heterocycles. The topological polar surface area (TPSA) is 34.5 Å². The first-order valence-corrected chi connectivity index (χ1v) is 8.89. The molecule has 1 amide bonds. The molecule has 3 rings (SSSR count). The van der Waals surface area contributed by atoms with Gasteiger partial charge in [-0.05, 0) is 58.2 Å². The number of aryl methyl sites for hydroxylation is 1. The van der Waals surface area contributed by atoms with Gasteiger partial charge in [0.15, 0.2) is 0 Å². The molecular formula is C21H28N2O2. The molecule has 25 heavy (non-hydrogen) atoms. The molecule has 0 saturated heterocycles. The molecule has 0 fully saturated rings. The molecule has 4 nitrogen and oxygen atoms in total. The predicted molar refractivity (Wildman–Crippen MR) is 102 cm³/mol. The number of rotatable bonds is 1. The Bertz CT molecular complexity index is 835. The Morgan fingerprint density at radius 1 is 1.28 bits per heavy atom. The number of benzene rings is 1. The fourth-order valence-electron chi connectivity index (χ4n) is 3.57. The van der Waals surface area contributed by atoms with Crippen molar-refractivity contribution in [2.45, 2.75) is 52.7 Å². The van der Waals surface area contributed by atoms with Crippen molar-refractivity contribution in [1.82, 2.24) is 9.47 Å². The van der Waals surface area contributed by atoms with Crippen molar-refractivity contribution < 1.29 is 9.53 Å². The molecule has 0 radical (unpaired) electrons. The molecular weight excluding hydrogens is 312 g/mol. The van der Waals surface area contributed by atoms with E-state index >= 15 is 0 Å². The lowest BCUT2D eigenvalue weighted by Gasteiger charge is -2.32. The van der Waals surface area contributed by atoms with E-state index in [0.717, 1.165) is 6.42 Å². The van der Waals surface area contributed by atoms with Gasteiger partial charge in [0, 0.05) is 30.7 Å². The molecule has 1 aliphatic rings. The maximum absolute atomic E-state index is 12.9. The molecule has 0 bridgehead atoms. The van der Waals surface area contributed by atoms with Crippen molar-refractivity contribution >= 4 is 17.0 Å². The summed E-state index contributed by atoms with van der Waals surface area (Å²) in [5.74, 6) is 0. The second kappa shape index (κ2) is 6.25. The number of carbonyl (C=O) groups is 1. The Labute approximate surface area is 150 Å². The molecule has 2 heterocycles. The summed E-state index contributed by atoms with van der Waals surface area (Å²) in [5, 5.41) is 1.28. The highest BCUT2D eigenvalue weighted by atomic mass is 16.6. The smallest absolute Gasteiger partial charge is 0.411 e. The van der Waals surface area contributed by atoms with Crippen LogP contribution in [0.25, 0.3) is 10.9 Å². The first kappa shape index (κ1) is 17.6. The number of nitrogens with zero attached hydrogens (tertiary/aromatic N) is 2. The molecule has 0 unspecified atom stereocenters. The van der Waals surface area contributed by atoms with Crippen molar-refractivity contribution in [1.29, 1.82) is 0 Å². The fraction of sp³-hybridized carbons (Fsp3) is 0.476. The lowest BCUT2D eigenvalue weighted by molar-refractivity contribution is 0.0202. The monoisotopic (exact) mass is 340 g/mol. The summed E-state index contributed by atoms with van der Waals surface area (Å²) in [7, 11) is 2.08. The Kier molecular flexibility index (Phi) is 4.40. The van der Waals surface area contributed by atoms with Crippen LogP contribution in [-0.2, 0) is 18.2 Å². The molecule has 0 saturated carbocycles. The number of allylic oxidation sites excluding steroid dienone is 1. The second-order valence-electron chi connectivity index (χ2n) is 8.12. The van der Waals surface area contributed by atoms with E-state index in [2.05, 4.69) is 55.9 Å². The van der Waals surface area contributed by atoms with Gasteiger partial charge in [-0.15, -0.1) is 0 Å². The SMILES string of the molecule is CC(C)=C[C@@H]1c2cccc3c2c(cn3C)CCN1C(=O)OC(C)(C)C. The van der Waals surface area contributed by atoms with Crippen LogP contribution < -0.4 is 0 Å². The van der Waals surface area contributed by atoms with Gasteiger partial charge in [0.1, 0.15) is 5.60 Å². The third-order valence-corrected chi connectivity index (χ3v) is 4.52. The summed E-state index contributed by atoms with van der Waals surface area (Å²) in [6, 6.07) is 6.25. The highest BCUT2D eigenvalue weighted by molar-refractivity contribution is 5.89. The third kappa shape index (κ3) is 3.44. The van der Waals surface area contributed by atoms with Gasteiger partial charge in [0.2, 0.25) is 0 Å². The molecule has 0 N–H and O–H groups in total. The van der Waals surface area contributed by atoms with E-state index in [4.69, 9.17) is 4.74 Å². The van der Waals surface area contributed by atoms with Crippen LogP contribution in [0.4, 0.5) is 4.79 Å². The van der Waals surface area contributed by atoms with Gasteiger partial charge in [0.25, 0.3) is 0 Å². The Hall–Kier alpha value is -2.23. The lowest BCUT2D eigenvalue weighted by Crippen LogP contribution is -2.39. The lowest BCUT2D eigenvalue weighted by atomic mass is 9.98. The van der Waals surface area contributed by atoms with Crippen molar-refractivity contribution in [2.24, 2.45) is 7.05 Å². The van der Waals surface area contributed by atoms with Crippen LogP contribution in [0.1, 0.15) is 51.8 Å². The maximum Gasteiger partial charge on any atom is 0.411 e. The predicted octanol–water partition coefficient (Wildman–Crippen LogP) is 4.98. The number of hydrogen-bond donors (Lipinski definition) is 0. The van der Waals surface area contributed by atoms with E-state index in [9.17, 15) is 4.79 Å². The summed E-state index contributed by atoms with van der Waals surface area (Å²) in [6.45, 7) is 10.5. The van der Waals surface area contributed by atoms with Gasteiger partial charge >= 0.3 is 6.09 Å². The van der Waals surface area contributed by atoms with Crippen LogP contribution in [0.15, 0.2) is 36.0 Å². The second-order valence-corrected chi connectivity index (χ2v) is 8.12. The van der Waals surface area contributed by atoms with Crippen LogP contribution >= 0.6 is 0 Å². The number of amides is 1. The number of carbonyl (C=O) groups excluding carboxylic acids is 1. The largest absolute Gasteiger partial charge is 0.444 e. The summed E-state index contributed by atoms with van der Waals surface area (Å²) < 4.78 is 7.87. The molecule has 1 aromatic carbocycles. The quantitative estimate of drug-likeness (QED) is 0.686. The molecule has 2 aromatic rings. The third-order valence-electron chi connectivity index (χ3n) is 4.52. The van der Waals surface area contributed by atoms with Gasteiger partial charge in [-0.2, -0.15) is 0 Å². The molecule has 0 spiro atoms. The van der Waals surface area contributed by atoms with E-state index < -0.39 is 5.60 Å². The molecule has 1 atom stereocenters. The molecule has 0 aliphatic carbocycles. The summed E-state index contributed by atoms with van der Waals surface area (Å²) in [5.41, 5.74) is 4.38. The first-order valence-electron chi connectivity index (χ1n) is 8.89. The summed E-state index contributed by atoms with van der Waals surface area (Å²) >= 11 is 0. The summed E-state index contributed by atoms with van der Waals surface area (Å²) in [4.78, 5) is 14.8. The number of ether oxygens (including phenoxy) is 1. The van der Waals surface area contributed by atoms with E-state index in [-0.39, 0.29) is 12.1 Å². The maximum atomic E-state index is 12.9. The van der Waals surface area contributed by atoms with Crippen molar-refractivity contribution in [3.8, 4) is 0 Å². The Morgan fingerprint density at radius 3 is 2.64 bits per heavy atom. The van der Waals surface area contributed by atoms with Gasteiger partial charge in [-0.25, -0.2) is 4.79 Å². The zero-order valence-electron chi connectivity index (χ0n) is 16.1. The van der Waals surface area contributed by atoms with Crippen LogP contribution in [0, 0.1) is 0 Å². The Balaban J connectivity index is 2.13. The van der Waals surface area contributed by atoms with Crippen LogP contribution in [0.3, 0.4) is 0 Å². The minimum absolute atomic E-state index is 0.104. The van der Waals surface area contributed by atoms with Crippen LogP contribution in [-0.4, -0.2) is 27.7 Å². The highest BCUT2D eigenvalue weighted by Gasteiger charge is 2.32. The van der Waals surface area contributed by atoms with Gasteiger partial charge in [-0.3, -0.25) is 4.90 Å². The van der Waals surface area contributed by atoms with Crippen molar-refractivity contribution in [2.75, 3.05) is 6.54 Å². The zero-order chi connectivity index (χ0) is 18.4. The van der Waals surface area contributed by atoms with Crippen molar-refractivity contribution in [3.05, 3.63) is 47.2 Å². The average molecular weight is 340 g/mol. The van der Waals surface area contributed by atoms with E-state index in [1.807, 2.05) is 25.7 Å².